The number of fused-ring (bicyclic) bond motifs is 5. The summed E-state index contributed by atoms with van der Waals surface area (Å²) in [5.41, 5.74) is 9.64. The highest BCUT2D eigenvalue weighted by Gasteiger charge is 2.39. The number of amides is 2. The third kappa shape index (κ3) is 7.55. The zero-order valence-corrected chi connectivity index (χ0v) is 35.2. The molecule has 3 fully saturated rings. The van der Waals surface area contributed by atoms with Crippen LogP contribution in [-0.2, 0) is 32.5 Å². The van der Waals surface area contributed by atoms with Gasteiger partial charge in [0.25, 0.3) is 5.91 Å². The van der Waals surface area contributed by atoms with Crippen LogP contribution in [0.2, 0.25) is 0 Å². The molecule has 1 saturated heterocycles. The summed E-state index contributed by atoms with van der Waals surface area (Å²) in [5, 5.41) is 5.70. The second-order valence-electron chi connectivity index (χ2n) is 17.4. The molecule has 0 spiro atoms. The first-order valence-electron chi connectivity index (χ1n) is 20.9. The lowest BCUT2D eigenvalue weighted by Gasteiger charge is -2.35. The number of hydrogen-bond donors (Lipinski definition) is 1. The molecule has 2 amide bonds. The molecule has 4 aromatic rings. The van der Waals surface area contributed by atoms with Crippen LogP contribution < -0.4 is 9.46 Å². The number of sulfonamides is 1. The van der Waals surface area contributed by atoms with Gasteiger partial charge in [-0.3, -0.25) is 19.0 Å². The van der Waals surface area contributed by atoms with E-state index in [2.05, 4.69) is 58.2 Å². The van der Waals surface area contributed by atoms with Crippen molar-refractivity contribution in [2.45, 2.75) is 135 Å². The molecule has 0 radical (unpaired) electrons. The van der Waals surface area contributed by atoms with Crippen molar-refractivity contribution in [3.63, 3.8) is 0 Å². The number of nitrogens with one attached hydrogen (secondary N) is 1. The molecule has 4 heterocycles. The van der Waals surface area contributed by atoms with Crippen molar-refractivity contribution in [3.8, 4) is 17.0 Å². The maximum absolute atomic E-state index is 15.0. The number of rotatable bonds is 10. The molecule has 1 N–H and O–H groups in total. The summed E-state index contributed by atoms with van der Waals surface area (Å²) >= 11 is 0. The van der Waals surface area contributed by atoms with Gasteiger partial charge >= 0.3 is 0 Å². The fourth-order valence-corrected chi connectivity index (χ4v) is 9.92. The van der Waals surface area contributed by atoms with Gasteiger partial charge in [0.15, 0.2) is 0 Å². The van der Waals surface area contributed by atoms with Gasteiger partial charge in [0.05, 0.1) is 66.2 Å². The molecule has 4 aliphatic rings. The van der Waals surface area contributed by atoms with Crippen LogP contribution >= 0.6 is 0 Å². The van der Waals surface area contributed by atoms with E-state index in [-0.39, 0.29) is 36.5 Å². The first-order chi connectivity index (χ1) is 27.2. The van der Waals surface area contributed by atoms with Gasteiger partial charge in [-0.2, -0.15) is 5.10 Å². The highest BCUT2D eigenvalue weighted by molar-refractivity contribution is 7.90. The number of carbonyl (C=O) groups is 2. The number of benzene rings is 2. The number of carbonyl (C=O) groups excluding carboxylic acids is 2. The first kappa shape index (κ1) is 39.4. The third-order valence-corrected chi connectivity index (χ3v) is 14.0. The second-order valence-corrected chi connectivity index (χ2v) is 19.6. The number of hydrogen-bond acceptors (Lipinski definition) is 7. The Bertz CT molecular complexity index is 2350. The molecule has 2 aromatic heterocycles. The number of nitrogens with zero attached hydrogens (tertiary/aromatic N) is 4. The van der Waals surface area contributed by atoms with E-state index < -0.39 is 21.2 Å². The molecule has 2 saturated carbocycles. The Balaban J connectivity index is 1.35. The van der Waals surface area contributed by atoms with E-state index in [0.717, 1.165) is 81.7 Å². The summed E-state index contributed by atoms with van der Waals surface area (Å²) in [5.74, 6) is 0.561. The van der Waals surface area contributed by atoms with E-state index in [4.69, 9.17) is 14.6 Å². The normalized spacial score (nSPS) is 20.4. The molecule has 11 nitrogen and oxygen atoms in total. The van der Waals surface area contributed by atoms with Crippen molar-refractivity contribution in [1.29, 1.82) is 0 Å². The maximum atomic E-state index is 15.0. The predicted molar refractivity (Wildman–Crippen MR) is 224 cm³/mol. The number of allylic oxidation sites excluding steroid dienone is 1. The second kappa shape index (κ2) is 15.4. The van der Waals surface area contributed by atoms with Gasteiger partial charge in [0.1, 0.15) is 5.75 Å². The lowest BCUT2D eigenvalue weighted by atomic mass is 9.81. The van der Waals surface area contributed by atoms with Gasteiger partial charge < -0.3 is 18.9 Å². The molecule has 0 bridgehead atoms. The molecular weight excluding hydrogens is 739 g/mol. The molecule has 8 rings (SSSR count). The summed E-state index contributed by atoms with van der Waals surface area (Å²) in [6.07, 6.45) is 9.78. The van der Waals surface area contributed by atoms with Gasteiger partial charge in [-0.25, -0.2) is 8.42 Å². The van der Waals surface area contributed by atoms with Crippen LogP contribution in [-0.4, -0.2) is 77.1 Å². The van der Waals surface area contributed by atoms with Crippen LogP contribution in [0.4, 0.5) is 0 Å². The SMILES string of the molecule is COc1ccc2c(c1)C=C(c1c(C(=O)N3C[C@@H](C)O[C@@H](C)C3)c(C(C)C)nn1C1CC1)Cn1c-2c(C2CCCCC2)c2ccc(CC(=O)NS(=O)(=O)C(C)C)cc21. The standard InChI is InChI=1S/C45H57N5O6S/c1-26(2)42-41(45(52)48-23-28(5)56-29(6)24-48)43(50(46-42)34-14-15-34)33-21-32-22-35(55-7)16-18-36(32)44-40(31-11-9-8-10-12-31)37-17-13-30(19-38(37)49(44)25-33)20-39(51)47-57(53,54)27(3)4/h13,16-19,21-22,26-29,31,34H,8-12,14-15,20,23-25H2,1-7H3,(H,47,51)/t28-,29+. The molecule has 304 valence electrons. The van der Waals surface area contributed by atoms with Crippen molar-refractivity contribution in [2.75, 3.05) is 20.2 Å². The highest BCUT2D eigenvalue weighted by atomic mass is 32.2. The highest BCUT2D eigenvalue weighted by Crippen LogP contribution is 2.49. The van der Waals surface area contributed by atoms with Crippen LogP contribution in [0.3, 0.4) is 0 Å². The van der Waals surface area contributed by atoms with Crippen molar-refractivity contribution >= 4 is 44.4 Å². The Labute approximate surface area is 336 Å². The van der Waals surface area contributed by atoms with Gasteiger partial charge in [-0.05, 0) is 118 Å². The van der Waals surface area contributed by atoms with Crippen LogP contribution in [0.1, 0.15) is 143 Å². The molecule has 12 heteroatoms. The van der Waals surface area contributed by atoms with Gasteiger partial charge in [0.2, 0.25) is 15.9 Å². The molecule has 2 aromatic carbocycles. The lowest BCUT2D eigenvalue weighted by molar-refractivity contribution is -0.118. The van der Waals surface area contributed by atoms with Crippen LogP contribution in [0.25, 0.3) is 33.8 Å². The maximum Gasteiger partial charge on any atom is 0.258 e. The van der Waals surface area contributed by atoms with Crippen molar-refractivity contribution in [2.24, 2.45) is 0 Å². The number of morpholine rings is 1. The topological polar surface area (TPSA) is 125 Å². The Morgan fingerprint density at radius 3 is 2.32 bits per heavy atom. The number of methoxy groups -OCH3 is 1. The lowest BCUT2D eigenvalue weighted by Crippen LogP contribution is -2.48. The number of aromatic nitrogens is 3. The smallest absolute Gasteiger partial charge is 0.258 e. The minimum atomic E-state index is -3.77. The Kier molecular flexibility index (Phi) is 10.6. The molecular formula is C45H57N5O6S. The van der Waals surface area contributed by atoms with E-state index >= 15 is 4.79 Å². The van der Waals surface area contributed by atoms with Gasteiger partial charge in [-0.15, -0.1) is 0 Å². The van der Waals surface area contributed by atoms with Crippen LogP contribution in [0.5, 0.6) is 5.75 Å². The zero-order chi connectivity index (χ0) is 40.3. The van der Waals surface area contributed by atoms with Crippen molar-refractivity contribution in [1.82, 2.24) is 24.0 Å². The fraction of sp³-hybridized carbons (Fsp3) is 0.533. The molecule has 0 unspecified atom stereocenters. The Morgan fingerprint density at radius 1 is 0.947 bits per heavy atom. The van der Waals surface area contributed by atoms with Gasteiger partial charge in [-0.1, -0.05) is 45.2 Å². The van der Waals surface area contributed by atoms with Crippen LogP contribution in [0, 0.1) is 0 Å². The largest absolute Gasteiger partial charge is 0.497 e. The Hall–Kier alpha value is -4.42. The van der Waals surface area contributed by atoms with E-state index in [1.807, 2.05) is 30.9 Å². The molecule has 2 atom stereocenters. The first-order valence-corrected chi connectivity index (χ1v) is 22.4. The average Bonchev–Trinajstić information content (AvgIpc) is 3.89. The van der Waals surface area contributed by atoms with Crippen molar-refractivity contribution < 1.29 is 27.5 Å². The molecule has 2 aliphatic heterocycles. The van der Waals surface area contributed by atoms with Gasteiger partial charge in [0, 0.05) is 29.6 Å². The number of ether oxygens (including phenoxy) is 2. The summed E-state index contributed by atoms with van der Waals surface area (Å²) < 4.78 is 43.9. The summed E-state index contributed by atoms with van der Waals surface area (Å²) in [6, 6.07) is 12.7. The van der Waals surface area contributed by atoms with E-state index in [1.165, 1.54) is 24.8 Å². The molecule has 2 aliphatic carbocycles. The summed E-state index contributed by atoms with van der Waals surface area (Å²) in [7, 11) is -2.08. The zero-order valence-electron chi connectivity index (χ0n) is 34.4. The quantitative estimate of drug-likeness (QED) is 0.172. The Morgan fingerprint density at radius 2 is 1.67 bits per heavy atom. The fourth-order valence-electron chi connectivity index (χ4n) is 9.30. The van der Waals surface area contributed by atoms with Crippen molar-refractivity contribution in [3.05, 3.63) is 70.0 Å². The average molecular weight is 796 g/mol. The van der Waals surface area contributed by atoms with Crippen LogP contribution in [0.15, 0.2) is 36.4 Å². The molecule has 57 heavy (non-hydrogen) atoms. The predicted octanol–water partition coefficient (Wildman–Crippen LogP) is 8.22. The third-order valence-electron chi connectivity index (χ3n) is 12.2. The summed E-state index contributed by atoms with van der Waals surface area (Å²) in [6.45, 7) is 12.9. The minimum Gasteiger partial charge on any atom is -0.497 e. The monoisotopic (exact) mass is 795 g/mol. The van der Waals surface area contributed by atoms with E-state index in [1.54, 1.807) is 21.0 Å². The van der Waals surface area contributed by atoms with E-state index in [0.29, 0.717) is 31.1 Å². The van der Waals surface area contributed by atoms with E-state index in [9.17, 15) is 13.2 Å². The summed E-state index contributed by atoms with van der Waals surface area (Å²) in [4.78, 5) is 30.1. The minimum absolute atomic E-state index is 0.0104.